The van der Waals surface area contributed by atoms with E-state index in [0.29, 0.717) is 35.4 Å². The number of allylic oxidation sites excluding steroid dienone is 2. The summed E-state index contributed by atoms with van der Waals surface area (Å²) >= 11 is 0. The van der Waals surface area contributed by atoms with E-state index in [9.17, 15) is 14.7 Å². The number of carbonyl (C=O) groups excluding carboxylic acids is 2. The van der Waals surface area contributed by atoms with Crippen molar-refractivity contribution in [3.8, 4) is 0 Å². The van der Waals surface area contributed by atoms with Crippen LogP contribution in [0.1, 0.15) is 51.6 Å². The van der Waals surface area contributed by atoms with Crippen LogP contribution < -0.4 is 0 Å². The van der Waals surface area contributed by atoms with Crippen LogP contribution in [0.2, 0.25) is 0 Å². The van der Waals surface area contributed by atoms with Crippen molar-refractivity contribution in [3.05, 3.63) is 34.2 Å². The molecule has 2 aliphatic rings. The van der Waals surface area contributed by atoms with Crippen LogP contribution in [0.4, 0.5) is 0 Å². The van der Waals surface area contributed by atoms with Crippen molar-refractivity contribution in [2.75, 3.05) is 0 Å². The smallest absolute Gasteiger partial charge is 0.203 e. The molecule has 1 radical (unpaired) electrons. The Morgan fingerprint density at radius 3 is 2.82 bits per heavy atom. The average molecular weight is 444 g/mol. The van der Waals surface area contributed by atoms with E-state index in [4.69, 9.17) is 0 Å². The molecule has 0 bridgehead atoms. The Kier molecular flexibility index (Phi) is 3.46. The largest absolute Gasteiger partial charge is 0.387 e. The summed E-state index contributed by atoms with van der Waals surface area (Å²) < 4.78 is 0. The molecule has 0 fully saturated rings. The third-order valence-electron chi connectivity index (χ3n) is 3.32. The van der Waals surface area contributed by atoms with Crippen LogP contribution in [0.15, 0.2) is 11.6 Å². The molecule has 1 aromatic heterocycles. The molecule has 1 atom stereocenters. The fourth-order valence-corrected chi connectivity index (χ4v) is 2.49. The molecular weight excluding hydrogens is 433 g/mol. The topological polar surface area (TPSA) is 70.2 Å². The average Bonchev–Trinajstić information content (AvgIpc) is 2.76. The van der Waals surface area contributed by atoms with E-state index in [1.165, 1.54) is 6.08 Å². The Labute approximate surface area is 134 Å². The van der Waals surface area contributed by atoms with Gasteiger partial charge in [-0.25, -0.2) is 0 Å². The van der Waals surface area contributed by atoms with Crippen molar-refractivity contribution in [2.45, 2.75) is 25.9 Å². The Morgan fingerprint density at radius 2 is 2.12 bits per heavy atom. The second-order valence-electron chi connectivity index (χ2n) is 4.34. The zero-order valence-electron chi connectivity index (χ0n) is 9.41. The molecule has 0 saturated heterocycles. The molecule has 0 spiro atoms. The number of aromatic amines is 1. The van der Waals surface area contributed by atoms with E-state index in [2.05, 4.69) is 4.98 Å². The number of hydrogen-bond acceptors (Lipinski definition) is 3. The maximum atomic E-state index is 12.0. The normalized spacial score (nSPS) is 21.8. The molecule has 1 aromatic rings. The van der Waals surface area contributed by atoms with E-state index < -0.39 is 6.10 Å². The van der Waals surface area contributed by atoms with Crippen molar-refractivity contribution < 1.29 is 58.8 Å². The van der Waals surface area contributed by atoms with Gasteiger partial charge in [-0.3, -0.25) is 9.59 Å². The maximum absolute atomic E-state index is 12.0. The standard InChI is InChI=1S/C12H11NO3.Ac/c1-5-4-8(15)11-9(12(5)16)6-2-3-7(14)10(6)13-11;/h4,7,13-14H,2-3H2,1H3;. The number of aliphatic hydroxyl groups is 1. The first-order valence-corrected chi connectivity index (χ1v) is 5.29. The van der Waals surface area contributed by atoms with Gasteiger partial charge in [-0.2, -0.15) is 0 Å². The number of fused-ring (bicyclic) bond motifs is 3. The van der Waals surface area contributed by atoms with Crippen molar-refractivity contribution in [1.29, 1.82) is 0 Å². The van der Waals surface area contributed by atoms with Gasteiger partial charge in [0.25, 0.3) is 0 Å². The van der Waals surface area contributed by atoms with Crippen LogP contribution in [0.25, 0.3) is 0 Å². The Morgan fingerprint density at radius 1 is 1.41 bits per heavy atom. The second kappa shape index (κ2) is 4.46. The molecule has 2 aliphatic carbocycles. The molecule has 4 nitrogen and oxygen atoms in total. The van der Waals surface area contributed by atoms with Gasteiger partial charge in [-0.15, -0.1) is 0 Å². The maximum Gasteiger partial charge on any atom is 0.203 e. The SMILES string of the molecule is CC1=CC(=O)c2[nH]c3c(c2C1=O)CCC3O.[Ac]. The second-order valence-corrected chi connectivity index (χ2v) is 4.34. The first-order chi connectivity index (χ1) is 7.59. The molecule has 3 rings (SSSR count). The molecule has 17 heavy (non-hydrogen) atoms. The van der Waals surface area contributed by atoms with Gasteiger partial charge in [0.15, 0.2) is 5.78 Å². The number of carbonyl (C=O) groups is 2. The fourth-order valence-electron chi connectivity index (χ4n) is 2.49. The minimum absolute atomic E-state index is 0. The summed E-state index contributed by atoms with van der Waals surface area (Å²) in [5, 5.41) is 9.70. The third kappa shape index (κ3) is 1.80. The Bertz CT molecular complexity index is 556. The van der Waals surface area contributed by atoms with Gasteiger partial charge in [0.1, 0.15) is 0 Å². The van der Waals surface area contributed by atoms with Gasteiger partial charge in [0.2, 0.25) is 5.78 Å². The summed E-state index contributed by atoms with van der Waals surface area (Å²) in [6.07, 6.45) is 2.07. The van der Waals surface area contributed by atoms with Gasteiger partial charge >= 0.3 is 0 Å². The van der Waals surface area contributed by atoms with Crippen LogP contribution >= 0.6 is 0 Å². The van der Waals surface area contributed by atoms with Gasteiger partial charge in [-0.1, -0.05) is 0 Å². The number of rotatable bonds is 0. The predicted molar refractivity (Wildman–Crippen MR) is 56.5 cm³/mol. The minimum Gasteiger partial charge on any atom is -0.387 e. The number of aromatic nitrogens is 1. The number of nitrogens with one attached hydrogen (secondary N) is 1. The molecule has 0 saturated carbocycles. The van der Waals surface area contributed by atoms with E-state index in [-0.39, 0.29) is 55.6 Å². The van der Waals surface area contributed by atoms with Crippen LogP contribution in [-0.4, -0.2) is 21.7 Å². The summed E-state index contributed by atoms with van der Waals surface area (Å²) in [7, 11) is 0. The van der Waals surface area contributed by atoms with Crippen molar-refractivity contribution in [3.63, 3.8) is 0 Å². The van der Waals surface area contributed by atoms with E-state index in [0.717, 1.165) is 5.56 Å². The monoisotopic (exact) mass is 444 g/mol. The summed E-state index contributed by atoms with van der Waals surface area (Å²) in [4.78, 5) is 26.6. The zero-order chi connectivity index (χ0) is 11.4. The fraction of sp³-hybridized carbons (Fsp3) is 0.333. The molecule has 0 aliphatic heterocycles. The number of hydrogen-bond donors (Lipinski definition) is 2. The first kappa shape index (κ1) is 13.2. The Balaban J connectivity index is 0.00000108. The van der Waals surface area contributed by atoms with Crippen molar-refractivity contribution in [2.24, 2.45) is 0 Å². The van der Waals surface area contributed by atoms with Crippen LogP contribution in [-0.2, 0) is 6.42 Å². The number of Topliss-reactive ketones (excluding diaryl/α,β-unsaturated/α-hetero) is 1. The van der Waals surface area contributed by atoms with E-state index >= 15 is 0 Å². The van der Waals surface area contributed by atoms with Crippen LogP contribution in [0.3, 0.4) is 0 Å². The predicted octanol–water partition coefficient (Wildman–Crippen LogP) is 1.32. The quantitative estimate of drug-likeness (QED) is 0.635. The number of H-pyrrole nitrogens is 1. The Hall–Kier alpha value is -0.238. The molecule has 1 unspecified atom stereocenters. The van der Waals surface area contributed by atoms with Crippen molar-refractivity contribution >= 4 is 11.6 Å². The van der Waals surface area contributed by atoms with Gasteiger partial charge < -0.3 is 10.1 Å². The first-order valence-electron chi connectivity index (χ1n) is 5.29. The van der Waals surface area contributed by atoms with E-state index in [1.54, 1.807) is 6.92 Å². The molecule has 1 heterocycles. The van der Waals surface area contributed by atoms with Crippen LogP contribution in [0, 0.1) is 44.1 Å². The van der Waals surface area contributed by atoms with Gasteiger partial charge in [-0.05, 0) is 31.4 Å². The molecule has 0 aromatic carbocycles. The van der Waals surface area contributed by atoms with E-state index in [1.807, 2.05) is 0 Å². The minimum atomic E-state index is -0.568. The molecule has 2 N–H and O–H groups in total. The summed E-state index contributed by atoms with van der Waals surface area (Å²) in [6.45, 7) is 1.65. The summed E-state index contributed by atoms with van der Waals surface area (Å²) in [5.41, 5.74) is 2.78. The van der Waals surface area contributed by atoms with Gasteiger partial charge in [0, 0.05) is 55.3 Å². The summed E-state index contributed by atoms with van der Waals surface area (Å²) in [5.74, 6) is -0.269. The third-order valence-corrected chi connectivity index (χ3v) is 3.32. The molecule has 5 heteroatoms. The molecule has 0 amide bonds. The zero-order valence-corrected chi connectivity index (χ0v) is 14.2. The van der Waals surface area contributed by atoms with Crippen molar-refractivity contribution in [1.82, 2.24) is 4.98 Å². The number of ketones is 2. The summed E-state index contributed by atoms with van der Waals surface area (Å²) in [6, 6.07) is 0. The van der Waals surface area contributed by atoms with Crippen LogP contribution in [0.5, 0.6) is 0 Å². The number of aliphatic hydroxyl groups excluding tert-OH is 1. The van der Waals surface area contributed by atoms with Gasteiger partial charge in [0.05, 0.1) is 17.4 Å². The molecule has 85 valence electrons. The molecular formula is C12H11AcNO3.